The molecule has 0 saturated carbocycles. The van der Waals surface area contributed by atoms with Crippen molar-refractivity contribution < 1.29 is 0 Å². The van der Waals surface area contributed by atoms with Crippen LogP contribution < -0.4 is 0 Å². The lowest BCUT2D eigenvalue weighted by Gasteiger charge is -2.29. The van der Waals surface area contributed by atoms with Gasteiger partial charge in [-0.1, -0.05) is 6.92 Å². The maximum Gasteiger partial charge on any atom is 0.217 e. The second kappa shape index (κ2) is 5.16. The summed E-state index contributed by atoms with van der Waals surface area (Å²) in [6.45, 7) is 13.4. The molecule has 2 heteroatoms. The molecule has 1 aliphatic heterocycles. The molecule has 0 unspecified atom stereocenters. The zero-order chi connectivity index (χ0) is 8.81. The average Bonchev–Trinajstić information content (AvgIpc) is 2.09. The van der Waals surface area contributed by atoms with Gasteiger partial charge in [0.05, 0.1) is 0 Å². The molecule has 0 aromatic heterocycles. The van der Waals surface area contributed by atoms with E-state index >= 15 is 0 Å². The molecule has 0 aliphatic carbocycles. The topological polar surface area (TPSA) is 7.60 Å². The molecule has 0 bridgehead atoms. The van der Waals surface area contributed by atoms with Gasteiger partial charge in [0.25, 0.3) is 0 Å². The first-order valence-corrected chi connectivity index (χ1v) is 4.92. The summed E-state index contributed by atoms with van der Waals surface area (Å²) in [5, 5.41) is 0. The van der Waals surface area contributed by atoms with Crippen LogP contribution in [0, 0.1) is 12.5 Å². The van der Waals surface area contributed by atoms with Crippen LogP contribution in [0.3, 0.4) is 0 Å². The van der Waals surface area contributed by atoms with Crippen LogP contribution in [0.2, 0.25) is 0 Å². The van der Waals surface area contributed by atoms with Crippen LogP contribution in [0.25, 0.3) is 4.85 Å². The Morgan fingerprint density at radius 3 is 2.58 bits per heavy atom. The van der Waals surface area contributed by atoms with Gasteiger partial charge in [-0.05, 0) is 38.9 Å². The van der Waals surface area contributed by atoms with Crippen molar-refractivity contribution in [2.24, 2.45) is 5.92 Å². The summed E-state index contributed by atoms with van der Waals surface area (Å²) >= 11 is 0. The van der Waals surface area contributed by atoms with E-state index < -0.39 is 0 Å². The van der Waals surface area contributed by atoms with Crippen LogP contribution in [0.1, 0.15) is 26.2 Å². The quantitative estimate of drug-likeness (QED) is 0.582. The van der Waals surface area contributed by atoms with Gasteiger partial charge in [0.15, 0.2) is 0 Å². The van der Waals surface area contributed by atoms with Crippen LogP contribution in [-0.4, -0.2) is 31.1 Å². The number of rotatable bonds is 3. The Hall–Kier alpha value is -0.550. The van der Waals surface area contributed by atoms with Gasteiger partial charge >= 0.3 is 0 Å². The molecule has 1 fully saturated rings. The van der Waals surface area contributed by atoms with Gasteiger partial charge in [-0.15, -0.1) is 0 Å². The largest absolute Gasteiger partial charge is 0.317 e. The van der Waals surface area contributed by atoms with E-state index in [1.807, 2.05) is 0 Å². The van der Waals surface area contributed by atoms with Gasteiger partial charge in [-0.3, -0.25) is 0 Å². The third-order valence-corrected chi connectivity index (χ3v) is 2.60. The minimum absolute atomic E-state index is 0.690. The van der Waals surface area contributed by atoms with E-state index in [1.165, 1.54) is 38.9 Å². The van der Waals surface area contributed by atoms with Crippen LogP contribution in [0.4, 0.5) is 0 Å². The molecule has 1 rings (SSSR count). The molecule has 1 saturated heterocycles. The van der Waals surface area contributed by atoms with Crippen molar-refractivity contribution in [3.63, 3.8) is 0 Å². The first kappa shape index (κ1) is 9.54. The summed E-state index contributed by atoms with van der Waals surface area (Å²) < 4.78 is 0. The Labute approximate surface area is 75.4 Å². The normalized spacial score (nSPS) is 20.7. The van der Waals surface area contributed by atoms with Crippen LogP contribution in [0.15, 0.2) is 0 Å². The highest BCUT2D eigenvalue weighted by Crippen LogP contribution is 2.17. The van der Waals surface area contributed by atoms with Gasteiger partial charge in [0, 0.05) is 5.92 Å². The third-order valence-electron chi connectivity index (χ3n) is 2.60. The zero-order valence-electron chi connectivity index (χ0n) is 7.92. The van der Waals surface area contributed by atoms with Crippen LogP contribution >= 0.6 is 0 Å². The van der Waals surface area contributed by atoms with Gasteiger partial charge in [-0.25, -0.2) is 6.57 Å². The van der Waals surface area contributed by atoms with Crippen molar-refractivity contribution in [3.8, 4) is 0 Å². The molecule has 12 heavy (non-hydrogen) atoms. The van der Waals surface area contributed by atoms with Crippen molar-refractivity contribution in [2.45, 2.75) is 26.2 Å². The first-order valence-electron chi connectivity index (χ1n) is 4.92. The fourth-order valence-electron chi connectivity index (χ4n) is 1.84. The van der Waals surface area contributed by atoms with Gasteiger partial charge in [0.1, 0.15) is 0 Å². The Balaban J connectivity index is 2.16. The summed E-state index contributed by atoms with van der Waals surface area (Å²) in [5.74, 6) is 0.690. The molecule has 68 valence electrons. The summed E-state index contributed by atoms with van der Waals surface area (Å²) in [6.07, 6.45) is 3.73. The van der Waals surface area contributed by atoms with E-state index in [-0.39, 0.29) is 0 Å². The lowest BCUT2D eigenvalue weighted by molar-refractivity contribution is 0.191. The van der Waals surface area contributed by atoms with Crippen molar-refractivity contribution >= 4 is 0 Å². The molecular formula is C10H18N2. The molecule has 0 spiro atoms. The smallest absolute Gasteiger partial charge is 0.217 e. The van der Waals surface area contributed by atoms with Gasteiger partial charge in [-0.2, -0.15) is 0 Å². The SMILES string of the molecule is [C-]#[N+]CC1CCN(CCC)CC1. The Kier molecular flexibility index (Phi) is 4.10. The molecule has 0 radical (unpaired) electrons. The minimum atomic E-state index is 0.690. The lowest BCUT2D eigenvalue weighted by Crippen LogP contribution is -2.34. The highest BCUT2D eigenvalue weighted by atomic mass is 15.1. The van der Waals surface area contributed by atoms with Gasteiger partial charge < -0.3 is 9.74 Å². The number of piperidine rings is 1. The number of hydrogen-bond donors (Lipinski definition) is 0. The molecule has 1 aliphatic rings. The molecule has 0 aromatic rings. The highest BCUT2D eigenvalue weighted by Gasteiger charge is 2.19. The molecule has 0 aromatic carbocycles. The van der Waals surface area contributed by atoms with E-state index in [0.717, 1.165) is 6.54 Å². The third kappa shape index (κ3) is 2.83. The Morgan fingerprint density at radius 1 is 1.42 bits per heavy atom. The monoisotopic (exact) mass is 166 g/mol. The molecule has 0 N–H and O–H groups in total. The van der Waals surface area contributed by atoms with Crippen molar-refractivity contribution in [3.05, 3.63) is 11.4 Å². The molecule has 0 amide bonds. The molecule has 0 atom stereocenters. The van der Waals surface area contributed by atoms with Crippen molar-refractivity contribution in [1.29, 1.82) is 0 Å². The predicted octanol–water partition coefficient (Wildman–Crippen LogP) is 2.03. The Morgan fingerprint density at radius 2 is 2.08 bits per heavy atom. The standard InChI is InChI=1S/C10H18N2/c1-3-6-12-7-4-10(5-8-12)9-11-2/h10H,3-9H2,1H3. The van der Waals surface area contributed by atoms with Crippen molar-refractivity contribution in [1.82, 2.24) is 4.90 Å². The second-order valence-electron chi connectivity index (χ2n) is 3.63. The molecule has 1 heterocycles. The minimum Gasteiger partial charge on any atom is -0.317 e. The highest BCUT2D eigenvalue weighted by molar-refractivity contribution is 4.77. The maximum atomic E-state index is 6.78. The maximum absolute atomic E-state index is 6.78. The lowest BCUT2D eigenvalue weighted by atomic mass is 9.97. The van der Waals surface area contributed by atoms with Crippen molar-refractivity contribution in [2.75, 3.05) is 26.2 Å². The average molecular weight is 166 g/mol. The fourth-order valence-corrected chi connectivity index (χ4v) is 1.84. The summed E-state index contributed by atoms with van der Waals surface area (Å²) in [6, 6.07) is 0. The van der Waals surface area contributed by atoms with E-state index in [9.17, 15) is 0 Å². The second-order valence-corrected chi connectivity index (χ2v) is 3.63. The number of likely N-dealkylation sites (tertiary alicyclic amines) is 1. The molecular weight excluding hydrogens is 148 g/mol. The molecule has 2 nitrogen and oxygen atoms in total. The fraction of sp³-hybridized carbons (Fsp3) is 0.900. The zero-order valence-corrected chi connectivity index (χ0v) is 7.92. The summed E-state index contributed by atoms with van der Waals surface area (Å²) in [7, 11) is 0. The van der Waals surface area contributed by atoms with E-state index in [1.54, 1.807) is 0 Å². The number of hydrogen-bond acceptors (Lipinski definition) is 1. The summed E-state index contributed by atoms with van der Waals surface area (Å²) in [4.78, 5) is 5.98. The van der Waals surface area contributed by atoms with Crippen LogP contribution in [0.5, 0.6) is 0 Å². The number of nitrogens with zero attached hydrogens (tertiary/aromatic N) is 2. The van der Waals surface area contributed by atoms with E-state index in [4.69, 9.17) is 6.57 Å². The van der Waals surface area contributed by atoms with E-state index in [0.29, 0.717) is 5.92 Å². The van der Waals surface area contributed by atoms with Gasteiger partial charge in [0.2, 0.25) is 6.54 Å². The van der Waals surface area contributed by atoms with Crippen LogP contribution in [-0.2, 0) is 0 Å². The summed E-state index contributed by atoms with van der Waals surface area (Å²) in [5.41, 5.74) is 0. The predicted molar refractivity (Wildman–Crippen MR) is 50.9 cm³/mol. The Bertz CT molecular complexity index is 152. The first-order chi connectivity index (χ1) is 5.86. The van der Waals surface area contributed by atoms with E-state index in [2.05, 4.69) is 16.7 Å².